The summed E-state index contributed by atoms with van der Waals surface area (Å²) in [6.45, 7) is 0.804. The van der Waals surface area contributed by atoms with Gasteiger partial charge in [0.25, 0.3) is 0 Å². The van der Waals surface area contributed by atoms with Crippen LogP contribution in [0.15, 0.2) is 24.3 Å². The summed E-state index contributed by atoms with van der Waals surface area (Å²) in [5.41, 5.74) is 6.56. The minimum absolute atomic E-state index is 0.742. The number of rotatable bonds is 4. The van der Waals surface area contributed by atoms with Gasteiger partial charge in [-0.05, 0) is 24.5 Å². The van der Waals surface area contributed by atoms with Crippen molar-refractivity contribution in [1.29, 1.82) is 0 Å². The molecule has 2 heteroatoms. The Morgan fingerprint density at radius 1 is 1.12 bits per heavy atom. The van der Waals surface area contributed by atoms with Crippen LogP contribution in [0.5, 0.6) is 5.75 Å². The Morgan fingerprint density at radius 3 is 2.62 bits per heavy atom. The van der Waals surface area contributed by atoms with Gasteiger partial charge in [-0.25, -0.2) is 0 Å². The Labute approximate surface area is 97.8 Å². The van der Waals surface area contributed by atoms with Gasteiger partial charge in [-0.1, -0.05) is 44.2 Å². The number of nitrogen functional groups attached to an aromatic ring is 1. The molecule has 2 N–H and O–H groups in total. The molecule has 1 aliphatic carbocycles. The summed E-state index contributed by atoms with van der Waals surface area (Å²) in [7, 11) is 0. The molecule has 0 aliphatic heterocycles. The lowest BCUT2D eigenvalue weighted by molar-refractivity contribution is 0.247. The fourth-order valence-corrected chi connectivity index (χ4v) is 2.42. The molecule has 1 aromatic rings. The van der Waals surface area contributed by atoms with Crippen molar-refractivity contribution in [3.63, 3.8) is 0 Å². The highest BCUT2D eigenvalue weighted by Gasteiger charge is 2.13. The number of anilines is 1. The number of para-hydroxylation sites is 2. The lowest BCUT2D eigenvalue weighted by atomic mass is 9.87. The predicted molar refractivity (Wildman–Crippen MR) is 67.5 cm³/mol. The van der Waals surface area contributed by atoms with E-state index in [1.54, 1.807) is 0 Å². The lowest BCUT2D eigenvalue weighted by Crippen LogP contribution is -2.11. The molecule has 0 amide bonds. The summed E-state index contributed by atoms with van der Waals surface area (Å²) in [5, 5.41) is 0. The lowest BCUT2D eigenvalue weighted by Gasteiger charge is -2.21. The van der Waals surface area contributed by atoms with E-state index in [1.165, 1.54) is 38.5 Å². The summed E-state index contributed by atoms with van der Waals surface area (Å²) >= 11 is 0. The molecule has 0 spiro atoms. The molecule has 2 nitrogen and oxygen atoms in total. The Balaban J connectivity index is 1.73. The third kappa shape index (κ3) is 3.16. The Hall–Kier alpha value is -1.18. The first-order valence-corrected chi connectivity index (χ1v) is 6.33. The molecule has 0 radical (unpaired) electrons. The van der Waals surface area contributed by atoms with Crippen molar-refractivity contribution in [2.45, 2.75) is 38.5 Å². The molecular formula is C14H21NO. The van der Waals surface area contributed by atoms with E-state index in [2.05, 4.69) is 0 Å². The second-order valence-electron chi connectivity index (χ2n) is 4.68. The van der Waals surface area contributed by atoms with E-state index in [9.17, 15) is 0 Å². The van der Waals surface area contributed by atoms with Gasteiger partial charge in [0.05, 0.1) is 12.3 Å². The number of hydrogen-bond acceptors (Lipinski definition) is 2. The molecule has 2 rings (SSSR count). The quantitative estimate of drug-likeness (QED) is 0.785. The summed E-state index contributed by atoms with van der Waals surface area (Å²) in [5.74, 6) is 1.71. The van der Waals surface area contributed by atoms with Gasteiger partial charge in [0, 0.05) is 0 Å². The second kappa shape index (κ2) is 5.78. The maximum absolute atomic E-state index is 5.81. The highest BCUT2D eigenvalue weighted by atomic mass is 16.5. The highest BCUT2D eigenvalue weighted by molar-refractivity contribution is 5.51. The molecule has 0 bridgehead atoms. The number of benzene rings is 1. The zero-order valence-corrected chi connectivity index (χ0v) is 9.82. The minimum atomic E-state index is 0.742. The summed E-state index contributed by atoms with van der Waals surface area (Å²) in [4.78, 5) is 0. The smallest absolute Gasteiger partial charge is 0.142 e. The van der Waals surface area contributed by atoms with Crippen molar-refractivity contribution in [3.8, 4) is 5.75 Å². The van der Waals surface area contributed by atoms with Gasteiger partial charge in [-0.3, -0.25) is 0 Å². The maximum Gasteiger partial charge on any atom is 0.142 e. The van der Waals surface area contributed by atoms with Crippen molar-refractivity contribution >= 4 is 5.69 Å². The van der Waals surface area contributed by atoms with Gasteiger partial charge in [-0.2, -0.15) is 0 Å². The number of ether oxygens (including phenoxy) is 1. The SMILES string of the molecule is Nc1ccccc1OCCC1CCCCC1. The largest absolute Gasteiger partial charge is 0.491 e. The molecule has 0 atom stereocenters. The van der Waals surface area contributed by atoms with Crippen LogP contribution >= 0.6 is 0 Å². The van der Waals surface area contributed by atoms with E-state index >= 15 is 0 Å². The fourth-order valence-electron chi connectivity index (χ4n) is 2.42. The van der Waals surface area contributed by atoms with Gasteiger partial charge in [0.2, 0.25) is 0 Å². The standard InChI is InChI=1S/C14H21NO/c15-13-8-4-5-9-14(13)16-11-10-12-6-2-1-3-7-12/h4-5,8-9,12H,1-3,6-7,10-11,15H2. The molecule has 1 saturated carbocycles. The van der Waals surface area contributed by atoms with E-state index in [4.69, 9.17) is 10.5 Å². The van der Waals surface area contributed by atoms with E-state index in [0.29, 0.717) is 0 Å². The molecule has 1 aromatic carbocycles. The second-order valence-corrected chi connectivity index (χ2v) is 4.68. The van der Waals surface area contributed by atoms with Crippen molar-refractivity contribution in [2.75, 3.05) is 12.3 Å². The first-order valence-electron chi connectivity index (χ1n) is 6.33. The fraction of sp³-hybridized carbons (Fsp3) is 0.571. The van der Waals surface area contributed by atoms with Crippen LogP contribution in [-0.2, 0) is 0 Å². The first kappa shape index (κ1) is 11.3. The van der Waals surface area contributed by atoms with Crippen LogP contribution in [0, 0.1) is 5.92 Å². The van der Waals surface area contributed by atoms with Crippen LogP contribution < -0.4 is 10.5 Å². The highest BCUT2D eigenvalue weighted by Crippen LogP contribution is 2.27. The molecular weight excluding hydrogens is 198 g/mol. The van der Waals surface area contributed by atoms with Gasteiger partial charge < -0.3 is 10.5 Å². The zero-order valence-electron chi connectivity index (χ0n) is 9.82. The third-order valence-corrected chi connectivity index (χ3v) is 3.43. The Kier molecular flexibility index (Phi) is 4.09. The summed E-state index contributed by atoms with van der Waals surface area (Å²) < 4.78 is 5.71. The Bertz CT molecular complexity index is 318. The molecule has 1 fully saturated rings. The topological polar surface area (TPSA) is 35.2 Å². The Morgan fingerprint density at radius 2 is 1.88 bits per heavy atom. The zero-order chi connectivity index (χ0) is 11.2. The van der Waals surface area contributed by atoms with Crippen molar-refractivity contribution in [2.24, 2.45) is 5.92 Å². The van der Waals surface area contributed by atoms with Crippen molar-refractivity contribution < 1.29 is 4.74 Å². The first-order chi connectivity index (χ1) is 7.86. The normalized spacial score (nSPS) is 17.2. The maximum atomic E-state index is 5.81. The monoisotopic (exact) mass is 219 g/mol. The van der Waals surface area contributed by atoms with Crippen LogP contribution in [0.3, 0.4) is 0 Å². The van der Waals surface area contributed by atoms with Gasteiger partial charge >= 0.3 is 0 Å². The van der Waals surface area contributed by atoms with Crippen LogP contribution in [0.4, 0.5) is 5.69 Å². The molecule has 0 heterocycles. The number of hydrogen-bond donors (Lipinski definition) is 1. The van der Waals surface area contributed by atoms with E-state index in [0.717, 1.165) is 24.0 Å². The van der Waals surface area contributed by atoms with Gasteiger partial charge in [-0.15, -0.1) is 0 Å². The predicted octanol–water partition coefficient (Wildman–Crippen LogP) is 3.62. The molecule has 0 unspecified atom stereocenters. The van der Waals surface area contributed by atoms with Gasteiger partial charge in [0.1, 0.15) is 5.75 Å². The van der Waals surface area contributed by atoms with Crippen LogP contribution in [0.25, 0.3) is 0 Å². The third-order valence-electron chi connectivity index (χ3n) is 3.43. The summed E-state index contributed by atoms with van der Waals surface area (Å²) in [6, 6.07) is 7.72. The molecule has 88 valence electrons. The minimum Gasteiger partial charge on any atom is -0.491 e. The summed E-state index contributed by atoms with van der Waals surface area (Å²) in [6.07, 6.45) is 8.16. The molecule has 0 saturated heterocycles. The number of nitrogens with two attached hydrogens (primary N) is 1. The average molecular weight is 219 g/mol. The molecule has 0 aromatic heterocycles. The van der Waals surface area contributed by atoms with E-state index in [-0.39, 0.29) is 0 Å². The van der Waals surface area contributed by atoms with Crippen LogP contribution in [0.1, 0.15) is 38.5 Å². The van der Waals surface area contributed by atoms with Crippen LogP contribution in [-0.4, -0.2) is 6.61 Å². The van der Waals surface area contributed by atoms with Crippen molar-refractivity contribution in [3.05, 3.63) is 24.3 Å². The van der Waals surface area contributed by atoms with E-state index < -0.39 is 0 Å². The van der Waals surface area contributed by atoms with Crippen molar-refractivity contribution in [1.82, 2.24) is 0 Å². The van der Waals surface area contributed by atoms with Gasteiger partial charge in [0.15, 0.2) is 0 Å². The molecule has 16 heavy (non-hydrogen) atoms. The van der Waals surface area contributed by atoms with Crippen LogP contribution in [0.2, 0.25) is 0 Å². The average Bonchev–Trinajstić information content (AvgIpc) is 2.33. The molecule has 1 aliphatic rings. The van der Waals surface area contributed by atoms with E-state index in [1.807, 2.05) is 24.3 Å².